The van der Waals surface area contributed by atoms with Crippen molar-refractivity contribution in [3.63, 3.8) is 0 Å². The minimum Gasteiger partial charge on any atom is -0.463 e. The average molecular weight is 421 g/mol. The Morgan fingerprint density at radius 2 is 1.50 bits per heavy atom. The quantitative estimate of drug-likeness (QED) is 0.244. The molecule has 0 spiro atoms. The van der Waals surface area contributed by atoms with Crippen molar-refractivity contribution < 1.29 is 13.9 Å². The van der Waals surface area contributed by atoms with Gasteiger partial charge >= 0.3 is 5.97 Å². The molecule has 0 aliphatic carbocycles. The summed E-state index contributed by atoms with van der Waals surface area (Å²) >= 11 is 0. The second kappa shape index (κ2) is 10.2. The van der Waals surface area contributed by atoms with Crippen molar-refractivity contribution in [1.82, 2.24) is 4.98 Å². The van der Waals surface area contributed by atoms with Gasteiger partial charge in [0.25, 0.3) is 0 Å². The molecule has 4 rings (SSSR count). The highest BCUT2D eigenvalue weighted by Crippen LogP contribution is 2.33. The Kier molecular flexibility index (Phi) is 6.73. The maximum Gasteiger partial charge on any atom is 0.330 e. The predicted octanol–water partition coefficient (Wildman–Crippen LogP) is 6.76. The molecule has 3 aromatic carbocycles. The maximum absolute atomic E-state index is 11.5. The lowest BCUT2D eigenvalue weighted by Gasteiger charge is -2.00. The number of nitrogens with zero attached hydrogens (tertiary/aromatic N) is 1. The topological polar surface area (TPSA) is 52.3 Å². The van der Waals surface area contributed by atoms with E-state index in [9.17, 15) is 4.79 Å². The number of carbonyl (C=O) groups is 1. The molecule has 158 valence electrons. The van der Waals surface area contributed by atoms with Crippen LogP contribution in [0, 0.1) is 0 Å². The molecule has 0 aliphatic heterocycles. The first-order valence-electron chi connectivity index (χ1n) is 10.5. The lowest BCUT2D eigenvalue weighted by molar-refractivity contribution is -0.137. The molecular weight excluding hydrogens is 398 g/mol. The molecule has 0 saturated heterocycles. The number of hydrogen-bond donors (Lipinski definition) is 0. The zero-order valence-corrected chi connectivity index (χ0v) is 17.8. The predicted molar refractivity (Wildman–Crippen MR) is 128 cm³/mol. The number of hydrogen-bond acceptors (Lipinski definition) is 4. The first kappa shape index (κ1) is 21.1. The highest BCUT2D eigenvalue weighted by Gasteiger charge is 2.15. The number of esters is 1. The van der Waals surface area contributed by atoms with Gasteiger partial charge in [-0.1, -0.05) is 78.9 Å². The molecule has 0 amide bonds. The molecule has 4 nitrogen and oxygen atoms in total. The summed E-state index contributed by atoms with van der Waals surface area (Å²) in [6.45, 7) is 2.14. The highest BCUT2D eigenvalue weighted by atomic mass is 16.5. The second-order valence-electron chi connectivity index (χ2n) is 7.05. The molecule has 1 heterocycles. The first-order chi connectivity index (χ1) is 15.7. The van der Waals surface area contributed by atoms with Crippen molar-refractivity contribution in [3.05, 3.63) is 108 Å². The third kappa shape index (κ3) is 5.29. The molecule has 1 aromatic heterocycles. The number of carbonyl (C=O) groups excluding carboxylic acids is 1. The summed E-state index contributed by atoms with van der Waals surface area (Å²) < 4.78 is 11.1. The van der Waals surface area contributed by atoms with Gasteiger partial charge in [0.1, 0.15) is 5.69 Å². The molecule has 0 aliphatic rings. The molecule has 4 heteroatoms. The Morgan fingerprint density at radius 3 is 2.19 bits per heavy atom. The molecule has 0 radical (unpaired) electrons. The number of aromatic nitrogens is 1. The van der Waals surface area contributed by atoms with E-state index in [1.165, 1.54) is 6.08 Å². The maximum atomic E-state index is 11.5. The fourth-order valence-corrected chi connectivity index (χ4v) is 3.27. The Labute approximate surface area is 187 Å². The van der Waals surface area contributed by atoms with E-state index in [1.54, 1.807) is 13.0 Å². The molecule has 0 saturated carbocycles. The fourth-order valence-electron chi connectivity index (χ4n) is 3.27. The molecule has 0 bridgehead atoms. The van der Waals surface area contributed by atoms with Crippen LogP contribution < -0.4 is 0 Å². The van der Waals surface area contributed by atoms with E-state index in [0.29, 0.717) is 12.5 Å². The molecule has 0 atom stereocenters. The monoisotopic (exact) mass is 421 g/mol. The van der Waals surface area contributed by atoms with Crippen LogP contribution in [0.3, 0.4) is 0 Å². The molecular formula is C28H23NO3. The van der Waals surface area contributed by atoms with Gasteiger partial charge in [-0.3, -0.25) is 0 Å². The van der Waals surface area contributed by atoms with E-state index in [4.69, 9.17) is 14.1 Å². The first-order valence-corrected chi connectivity index (χ1v) is 10.5. The number of oxazole rings is 1. The zero-order chi connectivity index (χ0) is 22.2. The summed E-state index contributed by atoms with van der Waals surface area (Å²) in [5, 5.41) is 0. The van der Waals surface area contributed by atoms with E-state index in [2.05, 4.69) is 0 Å². The van der Waals surface area contributed by atoms with E-state index in [-0.39, 0.29) is 5.97 Å². The van der Waals surface area contributed by atoms with Crippen LogP contribution in [-0.2, 0) is 9.53 Å². The van der Waals surface area contributed by atoms with Gasteiger partial charge in [0.05, 0.1) is 6.61 Å². The van der Waals surface area contributed by atoms with E-state index in [0.717, 1.165) is 33.7 Å². The normalized spacial score (nSPS) is 11.3. The van der Waals surface area contributed by atoms with Crippen molar-refractivity contribution in [3.8, 4) is 22.6 Å². The molecule has 32 heavy (non-hydrogen) atoms. The Hall–Kier alpha value is -4.18. The van der Waals surface area contributed by atoms with Crippen molar-refractivity contribution in [1.29, 1.82) is 0 Å². The largest absolute Gasteiger partial charge is 0.463 e. The third-order valence-corrected chi connectivity index (χ3v) is 4.75. The summed E-state index contributed by atoms with van der Waals surface area (Å²) in [7, 11) is 0. The summed E-state index contributed by atoms with van der Waals surface area (Å²) in [6.07, 6.45) is 6.96. The second-order valence-corrected chi connectivity index (χ2v) is 7.05. The smallest absolute Gasteiger partial charge is 0.330 e. The standard InChI is InChI=1S/C28H23NO3/c1-2-31-26(30)19-17-22-11-9-10-21(20-22)16-18-25-29-27(23-12-5-3-6-13-23)28(32-25)24-14-7-4-8-15-24/h3-20H,2H2,1H3. The fraction of sp³-hybridized carbons (Fsp3) is 0.0714. The minimum atomic E-state index is -0.352. The summed E-state index contributed by atoms with van der Waals surface area (Å²) in [4.78, 5) is 16.3. The van der Waals surface area contributed by atoms with Gasteiger partial charge in [0.15, 0.2) is 5.76 Å². The van der Waals surface area contributed by atoms with Crippen molar-refractivity contribution >= 4 is 24.2 Å². The van der Waals surface area contributed by atoms with E-state index in [1.807, 2.05) is 97.1 Å². The Morgan fingerprint density at radius 1 is 0.844 bits per heavy atom. The summed E-state index contributed by atoms with van der Waals surface area (Å²) in [5.74, 6) is 0.910. The minimum absolute atomic E-state index is 0.352. The van der Waals surface area contributed by atoms with Gasteiger partial charge in [-0.15, -0.1) is 0 Å². The van der Waals surface area contributed by atoms with Gasteiger partial charge < -0.3 is 9.15 Å². The lowest BCUT2D eigenvalue weighted by Crippen LogP contribution is -1.98. The average Bonchev–Trinajstić information content (AvgIpc) is 3.27. The molecule has 0 unspecified atom stereocenters. The van der Waals surface area contributed by atoms with Crippen molar-refractivity contribution in [2.75, 3.05) is 6.61 Å². The van der Waals surface area contributed by atoms with E-state index < -0.39 is 0 Å². The number of rotatable bonds is 7. The molecule has 4 aromatic rings. The van der Waals surface area contributed by atoms with Gasteiger partial charge in [-0.05, 0) is 36.3 Å². The van der Waals surface area contributed by atoms with Gasteiger partial charge in [-0.25, -0.2) is 9.78 Å². The van der Waals surface area contributed by atoms with Crippen LogP contribution in [0.5, 0.6) is 0 Å². The van der Waals surface area contributed by atoms with Crippen LogP contribution in [-0.4, -0.2) is 17.6 Å². The number of benzene rings is 3. The van der Waals surface area contributed by atoms with Gasteiger partial charge in [-0.2, -0.15) is 0 Å². The van der Waals surface area contributed by atoms with Crippen LogP contribution >= 0.6 is 0 Å². The zero-order valence-electron chi connectivity index (χ0n) is 17.8. The molecule has 0 fully saturated rings. The van der Waals surface area contributed by atoms with Gasteiger partial charge in [0, 0.05) is 23.3 Å². The van der Waals surface area contributed by atoms with Crippen molar-refractivity contribution in [2.45, 2.75) is 6.92 Å². The van der Waals surface area contributed by atoms with Crippen LogP contribution in [0.1, 0.15) is 23.9 Å². The van der Waals surface area contributed by atoms with Gasteiger partial charge in [0.2, 0.25) is 5.89 Å². The Bertz CT molecular complexity index is 1180. The van der Waals surface area contributed by atoms with Crippen molar-refractivity contribution in [2.24, 2.45) is 0 Å². The van der Waals surface area contributed by atoms with E-state index >= 15 is 0 Å². The summed E-state index contributed by atoms with van der Waals surface area (Å²) in [6, 6.07) is 27.8. The third-order valence-electron chi connectivity index (χ3n) is 4.75. The SMILES string of the molecule is CCOC(=O)C=Cc1cccc(C=Cc2nc(-c3ccccc3)c(-c3ccccc3)o2)c1. The molecule has 0 N–H and O–H groups in total. The Balaban J connectivity index is 1.62. The van der Waals surface area contributed by atoms with Crippen LogP contribution in [0.25, 0.3) is 40.8 Å². The number of ether oxygens (including phenoxy) is 1. The lowest BCUT2D eigenvalue weighted by atomic mass is 10.1. The van der Waals surface area contributed by atoms with Crippen LogP contribution in [0.15, 0.2) is 95.4 Å². The van der Waals surface area contributed by atoms with Crippen LogP contribution in [0.4, 0.5) is 0 Å². The highest BCUT2D eigenvalue weighted by molar-refractivity contribution is 5.87. The summed E-state index contributed by atoms with van der Waals surface area (Å²) in [5.41, 5.74) is 4.66. The van der Waals surface area contributed by atoms with Crippen LogP contribution in [0.2, 0.25) is 0 Å².